The van der Waals surface area contributed by atoms with Crippen molar-refractivity contribution in [3.63, 3.8) is 0 Å². The second kappa shape index (κ2) is 11.7. The molecule has 0 radical (unpaired) electrons. The number of benzene rings is 2. The van der Waals surface area contributed by atoms with Crippen molar-refractivity contribution in [1.29, 1.82) is 0 Å². The van der Waals surface area contributed by atoms with E-state index >= 15 is 0 Å². The van der Waals surface area contributed by atoms with Gasteiger partial charge in [0, 0.05) is 13.1 Å². The van der Waals surface area contributed by atoms with Crippen LogP contribution in [0.2, 0.25) is 0 Å². The summed E-state index contributed by atoms with van der Waals surface area (Å²) in [6.07, 6.45) is 0. The van der Waals surface area contributed by atoms with E-state index < -0.39 is 6.04 Å². The predicted octanol–water partition coefficient (Wildman–Crippen LogP) is 4.51. The van der Waals surface area contributed by atoms with Gasteiger partial charge in [-0.25, -0.2) is 0 Å². The molecule has 2 rings (SSSR count). The van der Waals surface area contributed by atoms with Gasteiger partial charge in [-0.1, -0.05) is 32.0 Å². The number of halogens is 1. The number of hydrogen-bond donors (Lipinski definition) is 1. The Morgan fingerprint density at radius 2 is 1.77 bits per heavy atom. The van der Waals surface area contributed by atoms with Crippen molar-refractivity contribution in [3.05, 3.63) is 58.1 Å². The van der Waals surface area contributed by atoms with Crippen molar-refractivity contribution < 1.29 is 19.1 Å². The zero-order valence-corrected chi connectivity index (χ0v) is 20.4. The predicted molar refractivity (Wildman–Crippen MR) is 125 cm³/mol. The van der Waals surface area contributed by atoms with Crippen LogP contribution in [-0.2, 0) is 16.1 Å². The number of methoxy groups -OCH3 is 1. The molecule has 0 spiro atoms. The van der Waals surface area contributed by atoms with Crippen LogP contribution in [0.3, 0.4) is 0 Å². The van der Waals surface area contributed by atoms with Crippen molar-refractivity contribution in [2.24, 2.45) is 0 Å². The summed E-state index contributed by atoms with van der Waals surface area (Å²) >= 11 is 3.52. The fourth-order valence-corrected chi connectivity index (χ4v) is 3.56. The number of carbonyl (C=O) groups is 2. The van der Waals surface area contributed by atoms with E-state index in [0.29, 0.717) is 18.2 Å². The molecule has 0 aliphatic carbocycles. The third-order valence-corrected chi connectivity index (χ3v) is 5.62. The molecule has 2 aromatic carbocycles. The summed E-state index contributed by atoms with van der Waals surface area (Å²) in [4.78, 5) is 27.0. The highest BCUT2D eigenvalue weighted by molar-refractivity contribution is 9.10. The van der Waals surface area contributed by atoms with E-state index in [1.807, 2.05) is 49.4 Å². The summed E-state index contributed by atoms with van der Waals surface area (Å²) in [6.45, 7) is 8.43. The van der Waals surface area contributed by atoms with E-state index in [2.05, 4.69) is 35.1 Å². The second-order valence-electron chi connectivity index (χ2n) is 7.57. The van der Waals surface area contributed by atoms with E-state index in [1.54, 1.807) is 14.0 Å². The van der Waals surface area contributed by atoms with Crippen LogP contribution in [-0.4, -0.2) is 43.0 Å². The minimum atomic E-state index is -0.634. The van der Waals surface area contributed by atoms with Crippen LogP contribution in [0, 0.1) is 0 Å². The molecule has 31 heavy (non-hydrogen) atoms. The van der Waals surface area contributed by atoms with Gasteiger partial charge < -0.3 is 19.7 Å². The molecule has 0 aliphatic heterocycles. The summed E-state index contributed by atoms with van der Waals surface area (Å²) in [6, 6.07) is 12.6. The van der Waals surface area contributed by atoms with Crippen molar-refractivity contribution in [2.45, 2.75) is 46.2 Å². The quantitative estimate of drug-likeness (QED) is 0.531. The lowest BCUT2D eigenvalue weighted by Gasteiger charge is -2.28. The van der Waals surface area contributed by atoms with Crippen molar-refractivity contribution in [1.82, 2.24) is 10.2 Å². The third-order valence-electron chi connectivity index (χ3n) is 5.00. The van der Waals surface area contributed by atoms with Gasteiger partial charge in [0.25, 0.3) is 5.91 Å². The number of carbonyl (C=O) groups excluding carboxylic acids is 2. The van der Waals surface area contributed by atoms with E-state index in [9.17, 15) is 9.59 Å². The average Bonchev–Trinajstić information content (AvgIpc) is 2.76. The molecule has 7 heteroatoms. The maximum atomic E-state index is 13.1. The molecule has 0 aliphatic rings. The van der Waals surface area contributed by atoms with Gasteiger partial charge in [-0.2, -0.15) is 0 Å². The fraction of sp³-hybridized carbons (Fsp3) is 0.417. The lowest BCUT2D eigenvalue weighted by Crippen LogP contribution is -2.49. The maximum absolute atomic E-state index is 13.1. The van der Waals surface area contributed by atoms with Crippen molar-refractivity contribution >= 4 is 27.7 Å². The van der Waals surface area contributed by atoms with Gasteiger partial charge in [-0.05, 0) is 71.1 Å². The molecule has 2 aromatic rings. The Kier molecular flexibility index (Phi) is 9.37. The standard InChI is InChI=1S/C24H31BrN2O4/c1-6-26-24(29)17(4)27(14-18-7-10-20(30-5)11-8-18)23(28)15-31-22-12-9-19(16(2)3)13-21(22)25/h7-13,16-17H,6,14-15H2,1-5H3,(H,26,29). The van der Waals surface area contributed by atoms with Crippen LogP contribution in [0.4, 0.5) is 0 Å². The molecule has 0 fully saturated rings. The van der Waals surface area contributed by atoms with E-state index in [1.165, 1.54) is 10.5 Å². The highest BCUT2D eigenvalue weighted by Gasteiger charge is 2.26. The molecular weight excluding hydrogens is 460 g/mol. The molecule has 0 bridgehead atoms. The molecular formula is C24H31BrN2O4. The first-order valence-electron chi connectivity index (χ1n) is 10.4. The Hall–Kier alpha value is -2.54. The number of hydrogen-bond acceptors (Lipinski definition) is 4. The summed E-state index contributed by atoms with van der Waals surface area (Å²) in [5, 5.41) is 2.78. The Labute approximate surface area is 193 Å². The van der Waals surface area contributed by atoms with Crippen LogP contribution in [0.15, 0.2) is 46.9 Å². The molecule has 168 valence electrons. The Morgan fingerprint density at radius 1 is 1.10 bits per heavy atom. The zero-order valence-electron chi connectivity index (χ0n) is 18.8. The molecule has 2 amide bonds. The van der Waals surface area contributed by atoms with Gasteiger partial charge in [-0.15, -0.1) is 0 Å². The Morgan fingerprint density at radius 3 is 2.32 bits per heavy atom. The molecule has 0 saturated carbocycles. The van der Waals surface area contributed by atoms with Gasteiger partial charge in [-0.3, -0.25) is 9.59 Å². The first kappa shape index (κ1) is 24.7. The summed E-state index contributed by atoms with van der Waals surface area (Å²) in [5.74, 6) is 1.25. The SMILES string of the molecule is CCNC(=O)C(C)N(Cc1ccc(OC)cc1)C(=O)COc1ccc(C(C)C)cc1Br. The third kappa shape index (κ3) is 6.99. The number of rotatable bonds is 10. The van der Waals surface area contributed by atoms with Gasteiger partial charge in [0.1, 0.15) is 17.5 Å². The van der Waals surface area contributed by atoms with Crippen LogP contribution in [0.25, 0.3) is 0 Å². The minimum Gasteiger partial charge on any atom is -0.497 e. The molecule has 1 N–H and O–H groups in total. The van der Waals surface area contributed by atoms with Gasteiger partial charge in [0.2, 0.25) is 5.91 Å². The summed E-state index contributed by atoms with van der Waals surface area (Å²) < 4.78 is 11.8. The zero-order chi connectivity index (χ0) is 23.0. The molecule has 1 unspecified atom stereocenters. The molecule has 0 aromatic heterocycles. The van der Waals surface area contributed by atoms with E-state index in [4.69, 9.17) is 9.47 Å². The number of likely N-dealkylation sites (N-methyl/N-ethyl adjacent to an activating group) is 1. The fourth-order valence-electron chi connectivity index (χ4n) is 3.05. The van der Waals surface area contributed by atoms with E-state index in [-0.39, 0.29) is 25.0 Å². The number of ether oxygens (including phenoxy) is 2. The summed E-state index contributed by atoms with van der Waals surface area (Å²) in [5.41, 5.74) is 2.07. The molecule has 6 nitrogen and oxygen atoms in total. The van der Waals surface area contributed by atoms with Crippen LogP contribution < -0.4 is 14.8 Å². The van der Waals surface area contributed by atoms with Gasteiger partial charge >= 0.3 is 0 Å². The Bertz CT molecular complexity index is 884. The maximum Gasteiger partial charge on any atom is 0.261 e. The Balaban J connectivity index is 2.15. The smallest absolute Gasteiger partial charge is 0.261 e. The monoisotopic (exact) mass is 490 g/mol. The first-order chi connectivity index (χ1) is 14.8. The van der Waals surface area contributed by atoms with Crippen LogP contribution >= 0.6 is 15.9 Å². The van der Waals surface area contributed by atoms with Gasteiger partial charge in [0.15, 0.2) is 6.61 Å². The molecule has 0 saturated heterocycles. The number of nitrogens with one attached hydrogen (secondary N) is 1. The highest BCUT2D eigenvalue weighted by atomic mass is 79.9. The lowest BCUT2D eigenvalue weighted by molar-refractivity contribution is -0.142. The summed E-state index contributed by atoms with van der Waals surface area (Å²) in [7, 11) is 1.60. The molecule has 0 heterocycles. The molecule has 1 atom stereocenters. The largest absolute Gasteiger partial charge is 0.497 e. The first-order valence-corrected chi connectivity index (χ1v) is 11.2. The van der Waals surface area contributed by atoms with Gasteiger partial charge in [0.05, 0.1) is 11.6 Å². The average molecular weight is 491 g/mol. The highest BCUT2D eigenvalue weighted by Crippen LogP contribution is 2.29. The van der Waals surface area contributed by atoms with Crippen molar-refractivity contribution in [3.8, 4) is 11.5 Å². The second-order valence-corrected chi connectivity index (χ2v) is 8.43. The lowest BCUT2D eigenvalue weighted by atomic mass is 10.0. The van der Waals surface area contributed by atoms with Crippen molar-refractivity contribution in [2.75, 3.05) is 20.3 Å². The topological polar surface area (TPSA) is 67.9 Å². The van der Waals surface area contributed by atoms with E-state index in [0.717, 1.165) is 15.8 Å². The normalized spacial score (nSPS) is 11.7. The van der Waals surface area contributed by atoms with Crippen LogP contribution in [0.1, 0.15) is 44.7 Å². The minimum absolute atomic E-state index is 0.167. The number of amides is 2. The number of nitrogens with zero attached hydrogens (tertiary/aromatic N) is 1. The van der Waals surface area contributed by atoms with Crippen LogP contribution in [0.5, 0.6) is 11.5 Å².